The number of halogens is 1. The molecule has 2 heterocycles. The lowest BCUT2D eigenvalue weighted by molar-refractivity contribution is -0.132. The highest BCUT2D eigenvalue weighted by molar-refractivity contribution is 7.10. The predicted molar refractivity (Wildman–Crippen MR) is 91.0 cm³/mol. The van der Waals surface area contributed by atoms with Crippen molar-refractivity contribution in [2.45, 2.75) is 31.3 Å². The van der Waals surface area contributed by atoms with Gasteiger partial charge in [0, 0.05) is 10.4 Å². The monoisotopic (exact) mass is 360 g/mol. The van der Waals surface area contributed by atoms with Gasteiger partial charge in [-0.15, -0.1) is 11.3 Å². The van der Waals surface area contributed by atoms with E-state index in [0.717, 1.165) is 23.3 Å². The second-order valence-electron chi connectivity index (χ2n) is 6.31. The minimum atomic E-state index is -0.963. The van der Waals surface area contributed by atoms with Crippen LogP contribution >= 0.6 is 11.3 Å². The summed E-state index contributed by atoms with van der Waals surface area (Å²) >= 11 is 1.62. The summed E-state index contributed by atoms with van der Waals surface area (Å²) in [5.41, 5.74) is 0.487. The van der Waals surface area contributed by atoms with E-state index in [4.69, 9.17) is 4.74 Å². The van der Waals surface area contributed by atoms with E-state index >= 15 is 0 Å². The van der Waals surface area contributed by atoms with E-state index in [1.54, 1.807) is 17.4 Å². The number of carbonyl (C=O) groups is 2. The highest BCUT2D eigenvalue weighted by Crippen LogP contribution is 2.42. The number of nitrogens with zero attached hydrogens (tertiary/aromatic N) is 1. The van der Waals surface area contributed by atoms with E-state index in [1.807, 2.05) is 11.4 Å². The summed E-state index contributed by atoms with van der Waals surface area (Å²) in [6, 6.07) is 5.94. The molecule has 25 heavy (non-hydrogen) atoms. The van der Waals surface area contributed by atoms with Crippen LogP contribution in [-0.2, 0) is 23.3 Å². The van der Waals surface area contributed by atoms with E-state index in [2.05, 4.69) is 5.32 Å². The molecule has 1 atom stereocenters. The molecule has 1 fully saturated rings. The summed E-state index contributed by atoms with van der Waals surface area (Å²) < 4.78 is 18.8. The fraction of sp³-hybridized carbons (Fsp3) is 0.333. The Hall–Kier alpha value is -2.41. The lowest BCUT2D eigenvalue weighted by Gasteiger charge is -2.31. The first-order chi connectivity index (χ1) is 12.0. The topological polar surface area (TPSA) is 58.6 Å². The summed E-state index contributed by atoms with van der Waals surface area (Å²) in [7, 11) is 1.39. The number of nitrogens with one attached hydrogen (secondary N) is 1. The number of imide groups is 1. The number of ether oxygens (including phenoxy) is 1. The molecule has 0 saturated carbocycles. The smallest absolute Gasteiger partial charge is 0.325 e. The van der Waals surface area contributed by atoms with Crippen molar-refractivity contribution in [2.75, 3.05) is 7.11 Å². The van der Waals surface area contributed by atoms with Crippen LogP contribution in [-0.4, -0.2) is 23.9 Å². The van der Waals surface area contributed by atoms with Crippen LogP contribution in [0.4, 0.5) is 9.18 Å². The molecule has 1 aromatic heterocycles. The highest BCUT2D eigenvalue weighted by Gasteiger charge is 2.54. The fourth-order valence-electron chi connectivity index (χ4n) is 3.68. The second-order valence-corrected chi connectivity index (χ2v) is 7.31. The molecule has 2 aromatic rings. The summed E-state index contributed by atoms with van der Waals surface area (Å²) in [5, 5.41) is 4.85. The Labute approximate surface area is 148 Å². The van der Waals surface area contributed by atoms with Gasteiger partial charge in [0.05, 0.1) is 13.7 Å². The summed E-state index contributed by atoms with van der Waals surface area (Å²) in [6.07, 6.45) is 2.38. The molecule has 130 valence electrons. The molecule has 0 radical (unpaired) electrons. The number of amides is 3. The summed E-state index contributed by atoms with van der Waals surface area (Å²) in [5.74, 6) is -0.639. The van der Waals surface area contributed by atoms with E-state index in [9.17, 15) is 14.0 Å². The summed E-state index contributed by atoms with van der Waals surface area (Å²) in [4.78, 5) is 27.9. The maximum absolute atomic E-state index is 13.9. The Kier molecular flexibility index (Phi) is 3.76. The number of aryl methyl sites for hydroxylation is 1. The molecule has 0 bridgehead atoms. The molecular weight excluding hydrogens is 343 g/mol. The van der Waals surface area contributed by atoms with Crippen LogP contribution in [0.3, 0.4) is 0 Å². The zero-order chi connectivity index (χ0) is 17.6. The van der Waals surface area contributed by atoms with Crippen molar-refractivity contribution in [3.63, 3.8) is 0 Å². The quantitative estimate of drug-likeness (QED) is 0.856. The minimum absolute atomic E-state index is 0.0345. The first kappa shape index (κ1) is 16.1. The Morgan fingerprint density at radius 1 is 1.36 bits per heavy atom. The predicted octanol–water partition coefficient (Wildman–Crippen LogP) is 3.18. The number of urea groups is 1. The number of fused-ring (bicyclic) bond motifs is 2. The highest BCUT2D eigenvalue weighted by atomic mass is 32.1. The zero-order valence-electron chi connectivity index (χ0n) is 13.7. The number of carbonyl (C=O) groups excluding carboxylic acids is 2. The van der Waals surface area contributed by atoms with Gasteiger partial charge in [-0.1, -0.05) is 6.07 Å². The van der Waals surface area contributed by atoms with Crippen LogP contribution in [0, 0.1) is 5.82 Å². The second kappa shape index (κ2) is 5.84. The number of methoxy groups -OCH3 is 1. The molecule has 1 aliphatic heterocycles. The van der Waals surface area contributed by atoms with Gasteiger partial charge in [0.1, 0.15) is 5.54 Å². The molecule has 3 amide bonds. The molecule has 1 saturated heterocycles. The standard InChI is InChI=1S/C18H17FN2O3S/c1-24-14-5-4-11(9-13(14)19)10-21-16(22)18(20-17(21)23)7-2-3-15-12(18)6-8-25-15/h4-6,8-9H,2-3,7,10H2,1H3,(H,20,23)/t18-/m0/s1. The normalized spacial score (nSPS) is 22.2. The maximum atomic E-state index is 13.9. The van der Waals surface area contributed by atoms with Crippen molar-refractivity contribution in [1.29, 1.82) is 0 Å². The van der Waals surface area contributed by atoms with Crippen molar-refractivity contribution < 1.29 is 18.7 Å². The van der Waals surface area contributed by atoms with Gasteiger partial charge < -0.3 is 10.1 Å². The van der Waals surface area contributed by atoms with Crippen molar-refractivity contribution in [1.82, 2.24) is 10.2 Å². The molecule has 2 aliphatic rings. The molecule has 5 nitrogen and oxygen atoms in total. The Morgan fingerprint density at radius 2 is 2.20 bits per heavy atom. The maximum Gasteiger partial charge on any atom is 0.325 e. The van der Waals surface area contributed by atoms with E-state index < -0.39 is 17.4 Å². The van der Waals surface area contributed by atoms with Gasteiger partial charge in [-0.25, -0.2) is 9.18 Å². The number of rotatable bonds is 3. The van der Waals surface area contributed by atoms with Gasteiger partial charge in [-0.2, -0.15) is 0 Å². The van der Waals surface area contributed by atoms with E-state index in [0.29, 0.717) is 12.0 Å². The molecule has 1 N–H and O–H groups in total. The molecular formula is C18H17FN2O3S. The van der Waals surface area contributed by atoms with Gasteiger partial charge in [-0.3, -0.25) is 9.69 Å². The SMILES string of the molecule is COc1ccc(CN2C(=O)N[C@]3(CCCc4sccc43)C2=O)cc1F. The molecule has 1 spiro atoms. The third kappa shape index (κ3) is 2.41. The number of hydrogen-bond acceptors (Lipinski definition) is 4. The van der Waals surface area contributed by atoms with Crippen molar-refractivity contribution in [2.24, 2.45) is 0 Å². The van der Waals surface area contributed by atoms with Crippen molar-refractivity contribution in [3.8, 4) is 5.75 Å². The third-order valence-electron chi connectivity index (χ3n) is 4.89. The first-order valence-electron chi connectivity index (χ1n) is 8.08. The van der Waals surface area contributed by atoms with Crippen molar-refractivity contribution >= 4 is 23.3 Å². The molecule has 4 rings (SSSR count). The minimum Gasteiger partial charge on any atom is -0.494 e. The van der Waals surface area contributed by atoms with Crippen molar-refractivity contribution in [3.05, 3.63) is 51.5 Å². The first-order valence-corrected chi connectivity index (χ1v) is 8.96. The molecule has 0 unspecified atom stereocenters. The Balaban J connectivity index is 1.64. The average molecular weight is 360 g/mol. The number of thiophene rings is 1. The van der Waals surface area contributed by atoms with Crippen LogP contribution in [0.5, 0.6) is 5.75 Å². The van der Waals surface area contributed by atoms with Crippen LogP contribution in [0.2, 0.25) is 0 Å². The molecule has 7 heteroatoms. The lowest BCUT2D eigenvalue weighted by Crippen LogP contribution is -2.46. The molecule has 1 aliphatic carbocycles. The van der Waals surface area contributed by atoms with Gasteiger partial charge in [0.2, 0.25) is 0 Å². The number of benzene rings is 1. The summed E-state index contributed by atoms with van der Waals surface area (Å²) in [6.45, 7) is 0.0345. The largest absolute Gasteiger partial charge is 0.494 e. The van der Waals surface area contributed by atoms with Crippen LogP contribution in [0.25, 0.3) is 0 Å². The molecule has 1 aromatic carbocycles. The van der Waals surface area contributed by atoms with Crippen LogP contribution in [0.1, 0.15) is 28.8 Å². The van der Waals surface area contributed by atoms with Crippen LogP contribution in [0.15, 0.2) is 29.6 Å². The van der Waals surface area contributed by atoms with Gasteiger partial charge in [-0.05, 0) is 48.4 Å². The van der Waals surface area contributed by atoms with Gasteiger partial charge in [0.25, 0.3) is 5.91 Å². The number of hydrogen-bond donors (Lipinski definition) is 1. The van der Waals surface area contributed by atoms with Crippen LogP contribution < -0.4 is 10.1 Å². The Bertz CT molecular complexity index is 866. The van der Waals surface area contributed by atoms with Gasteiger partial charge in [0.15, 0.2) is 11.6 Å². The van der Waals surface area contributed by atoms with E-state index in [1.165, 1.54) is 24.1 Å². The van der Waals surface area contributed by atoms with E-state index in [-0.39, 0.29) is 18.2 Å². The Morgan fingerprint density at radius 3 is 2.96 bits per heavy atom. The fourth-order valence-corrected chi connectivity index (χ4v) is 4.68. The van der Waals surface area contributed by atoms with Gasteiger partial charge >= 0.3 is 6.03 Å². The average Bonchev–Trinajstić information content (AvgIpc) is 3.16. The zero-order valence-corrected chi connectivity index (χ0v) is 14.5. The third-order valence-corrected chi connectivity index (χ3v) is 5.87. The lowest BCUT2D eigenvalue weighted by atomic mass is 9.80.